The normalized spacial score (nSPS) is 10.0. The maximum atomic E-state index is 12.1. The van der Waals surface area contributed by atoms with Crippen LogP contribution in [0, 0.1) is 0 Å². The highest BCUT2D eigenvalue weighted by molar-refractivity contribution is 6.31. The highest BCUT2D eigenvalue weighted by Gasteiger charge is 2.12. The first kappa shape index (κ1) is 16.8. The van der Waals surface area contributed by atoms with E-state index in [2.05, 4.69) is 15.6 Å². The summed E-state index contributed by atoms with van der Waals surface area (Å²) in [6, 6.07) is 8.15. The first-order valence-corrected chi connectivity index (χ1v) is 7.29. The van der Waals surface area contributed by atoms with Crippen molar-refractivity contribution in [1.29, 1.82) is 0 Å². The van der Waals surface area contributed by atoms with Gasteiger partial charge in [-0.3, -0.25) is 14.6 Å². The number of benzene rings is 1. The van der Waals surface area contributed by atoms with Crippen molar-refractivity contribution >= 4 is 23.4 Å². The minimum Gasteiger partial charge on any atom is -0.496 e. The molecule has 0 bridgehead atoms. The third-order valence-electron chi connectivity index (χ3n) is 3.03. The molecule has 0 radical (unpaired) electrons. The summed E-state index contributed by atoms with van der Waals surface area (Å²) < 4.78 is 5.13. The van der Waals surface area contributed by atoms with E-state index in [9.17, 15) is 9.59 Å². The molecule has 1 aromatic carbocycles. The van der Waals surface area contributed by atoms with Gasteiger partial charge < -0.3 is 15.4 Å². The van der Waals surface area contributed by atoms with Gasteiger partial charge in [0, 0.05) is 30.5 Å². The van der Waals surface area contributed by atoms with E-state index in [1.54, 1.807) is 30.5 Å². The number of nitrogens with zero attached hydrogens (tertiary/aromatic N) is 1. The second kappa shape index (κ2) is 8.14. The van der Waals surface area contributed by atoms with Crippen molar-refractivity contribution in [2.24, 2.45) is 0 Å². The number of aromatic nitrogens is 1. The molecular weight excluding hydrogens is 318 g/mol. The first-order valence-electron chi connectivity index (χ1n) is 6.92. The van der Waals surface area contributed by atoms with Gasteiger partial charge in [0.15, 0.2) is 0 Å². The Balaban J connectivity index is 1.84. The Hall–Kier alpha value is -2.60. The Morgan fingerprint density at radius 2 is 1.91 bits per heavy atom. The SMILES string of the molecule is COc1ccc(Cl)cc1C(=O)NCCNC(=O)c1cccnc1. The van der Waals surface area contributed by atoms with Gasteiger partial charge in [-0.15, -0.1) is 0 Å². The number of ether oxygens (including phenoxy) is 1. The van der Waals surface area contributed by atoms with Crippen LogP contribution in [0.2, 0.25) is 5.02 Å². The van der Waals surface area contributed by atoms with E-state index in [0.29, 0.717) is 28.4 Å². The van der Waals surface area contributed by atoms with Gasteiger partial charge in [0.1, 0.15) is 5.75 Å². The van der Waals surface area contributed by atoms with E-state index >= 15 is 0 Å². The number of hydrogen-bond acceptors (Lipinski definition) is 4. The maximum Gasteiger partial charge on any atom is 0.255 e. The lowest BCUT2D eigenvalue weighted by atomic mass is 10.2. The minimum atomic E-state index is -0.319. The lowest BCUT2D eigenvalue weighted by molar-refractivity contribution is 0.0926. The molecule has 0 aliphatic carbocycles. The van der Waals surface area contributed by atoms with Gasteiger partial charge in [-0.2, -0.15) is 0 Å². The zero-order valence-corrected chi connectivity index (χ0v) is 13.3. The molecule has 2 N–H and O–H groups in total. The number of methoxy groups -OCH3 is 1. The summed E-state index contributed by atoms with van der Waals surface area (Å²) >= 11 is 5.89. The molecular formula is C16H16ClN3O3. The third-order valence-corrected chi connectivity index (χ3v) is 3.26. The van der Waals surface area contributed by atoms with Gasteiger partial charge >= 0.3 is 0 Å². The fraction of sp³-hybridized carbons (Fsp3) is 0.188. The summed E-state index contributed by atoms with van der Waals surface area (Å²) in [5, 5.41) is 5.84. The quantitative estimate of drug-likeness (QED) is 0.791. The molecule has 6 nitrogen and oxygen atoms in total. The second-order valence-corrected chi connectivity index (χ2v) is 5.03. The molecule has 23 heavy (non-hydrogen) atoms. The molecule has 0 fully saturated rings. The molecule has 2 amide bonds. The second-order valence-electron chi connectivity index (χ2n) is 4.60. The third kappa shape index (κ3) is 4.69. The summed E-state index contributed by atoms with van der Waals surface area (Å²) in [5.41, 5.74) is 0.814. The van der Waals surface area contributed by atoms with Crippen LogP contribution in [0.3, 0.4) is 0 Å². The van der Waals surface area contributed by atoms with Gasteiger partial charge in [0.2, 0.25) is 0 Å². The number of amides is 2. The Kier molecular flexibility index (Phi) is 5.94. The standard InChI is InChI=1S/C16H16ClN3O3/c1-23-14-5-4-12(17)9-13(14)16(22)20-8-7-19-15(21)11-3-2-6-18-10-11/h2-6,9-10H,7-8H2,1H3,(H,19,21)(H,20,22). The summed E-state index contributed by atoms with van der Waals surface area (Å²) in [6.45, 7) is 0.572. The van der Waals surface area contributed by atoms with Crippen LogP contribution in [0.4, 0.5) is 0 Å². The van der Waals surface area contributed by atoms with E-state index in [4.69, 9.17) is 16.3 Å². The molecule has 1 aromatic heterocycles. The van der Waals surface area contributed by atoms with E-state index in [1.807, 2.05) is 0 Å². The van der Waals surface area contributed by atoms with Crippen LogP contribution in [0.15, 0.2) is 42.7 Å². The number of rotatable bonds is 6. The van der Waals surface area contributed by atoms with Crippen LogP contribution >= 0.6 is 11.6 Å². The van der Waals surface area contributed by atoms with Crippen molar-refractivity contribution in [1.82, 2.24) is 15.6 Å². The Labute approximate surface area is 138 Å². The Bertz CT molecular complexity index is 692. The molecule has 0 aliphatic rings. The molecule has 0 atom stereocenters. The van der Waals surface area contributed by atoms with Crippen LogP contribution in [-0.4, -0.2) is 37.0 Å². The smallest absolute Gasteiger partial charge is 0.255 e. The van der Waals surface area contributed by atoms with E-state index in [0.717, 1.165) is 0 Å². The van der Waals surface area contributed by atoms with E-state index in [-0.39, 0.29) is 18.4 Å². The first-order chi connectivity index (χ1) is 11.1. The van der Waals surface area contributed by atoms with Crippen molar-refractivity contribution in [3.8, 4) is 5.75 Å². The molecule has 1 heterocycles. The molecule has 0 unspecified atom stereocenters. The molecule has 0 spiro atoms. The molecule has 120 valence electrons. The van der Waals surface area contributed by atoms with Crippen molar-refractivity contribution in [2.75, 3.05) is 20.2 Å². The van der Waals surface area contributed by atoms with Crippen molar-refractivity contribution < 1.29 is 14.3 Å². The number of nitrogens with one attached hydrogen (secondary N) is 2. The highest BCUT2D eigenvalue weighted by Crippen LogP contribution is 2.22. The van der Waals surface area contributed by atoms with Gasteiger partial charge in [-0.25, -0.2) is 0 Å². The van der Waals surface area contributed by atoms with E-state index in [1.165, 1.54) is 19.4 Å². The van der Waals surface area contributed by atoms with Gasteiger partial charge in [-0.05, 0) is 30.3 Å². The Morgan fingerprint density at radius 3 is 2.57 bits per heavy atom. The molecule has 0 saturated heterocycles. The highest BCUT2D eigenvalue weighted by atomic mass is 35.5. The van der Waals surface area contributed by atoms with Crippen LogP contribution in [0.5, 0.6) is 5.75 Å². The lowest BCUT2D eigenvalue weighted by Crippen LogP contribution is -2.34. The summed E-state index contributed by atoms with van der Waals surface area (Å²) in [5.74, 6) is -0.126. The summed E-state index contributed by atoms with van der Waals surface area (Å²) in [7, 11) is 1.48. The molecule has 2 aromatic rings. The van der Waals surface area contributed by atoms with Crippen LogP contribution in [0.25, 0.3) is 0 Å². The van der Waals surface area contributed by atoms with Gasteiger partial charge in [0.25, 0.3) is 11.8 Å². The van der Waals surface area contributed by atoms with Gasteiger partial charge in [-0.1, -0.05) is 11.6 Å². The number of pyridine rings is 1. The number of carbonyl (C=O) groups is 2. The van der Waals surface area contributed by atoms with Crippen LogP contribution < -0.4 is 15.4 Å². The number of hydrogen-bond donors (Lipinski definition) is 2. The van der Waals surface area contributed by atoms with Crippen molar-refractivity contribution in [3.63, 3.8) is 0 Å². The summed E-state index contributed by atoms with van der Waals surface area (Å²) in [4.78, 5) is 27.8. The van der Waals surface area contributed by atoms with Crippen LogP contribution in [0.1, 0.15) is 20.7 Å². The minimum absolute atomic E-state index is 0.243. The fourth-order valence-electron chi connectivity index (χ4n) is 1.90. The van der Waals surface area contributed by atoms with Crippen molar-refractivity contribution in [3.05, 3.63) is 58.9 Å². The summed E-state index contributed by atoms with van der Waals surface area (Å²) in [6.07, 6.45) is 3.07. The largest absolute Gasteiger partial charge is 0.496 e. The average Bonchev–Trinajstić information content (AvgIpc) is 2.59. The fourth-order valence-corrected chi connectivity index (χ4v) is 2.08. The van der Waals surface area contributed by atoms with Crippen molar-refractivity contribution in [2.45, 2.75) is 0 Å². The number of carbonyl (C=O) groups excluding carboxylic acids is 2. The monoisotopic (exact) mass is 333 g/mol. The predicted octanol–water partition coefficient (Wildman–Crippen LogP) is 1.90. The molecule has 0 saturated carbocycles. The predicted molar refractivity (Wildman–Crippen MR) is 86.9 cm³/mol. The molecule has 7 heteroatoms. The molecule has 0 aliphatic heterocycles. The molecule has 2 rings (SSSR count). The number of halogens is 1. The topological polar surface area (TPSA) is 80.3 Å². The van der Waals surface area contributed by atoms with Gasteiger partial charge in [0.05, 0.1) is 18.2 Å². The zero-order chi connectivity index (χ0) is 16.7. The zero-order valence-electron chi connectivity index (χ0n) is 12.5. The maximum absolute atomic E-state index is 12.1. The average molecular weight is 334 g/mol. The van der Waals surface area contributed by atoms with E-state index < -0.39 is 0 Å². The Morgan fingerprint density at radius 1 is 1.17 bits per heavy atom. The lowest BCUT2D eigenvalue weighted by Gasteiger charge is -2.10. The van der Waals surface area contributed by atoms with Crippen LogP contribution in [-0.2, 0) is 0 Å².